The van der Waals surface area contributed by atoms with Crippen molar-refractivity contribution >= 4 is 17.2 Å². The van der Waals surface area contributed by atoms with E-state index in [-0.39, 0.29) is 1.43 Å². The number of rotatable bonds is 3. The number of ether oxygens (including phenoxy) is 3. The van der Waals surface area contributed by atoms with Crippen LogP contribution in [0.4, 0.5) is 11.5 Å². The molecule has 25 heavy (non-hydrogen) atoms. The predicted molar refractivity (Wildman–Crippen MR) is 97.2 cm³/mol. The molecule has 0 bridgehead atoms. The van der Waals surface area contributed by atoms with Gasteiger partial charge in [0.15, 0.2) is 11.5 Å². The summed E-state index contributed by atoms with van der Waals surface area (Å²) in [6.07, 6.45) is 1.73. The Morgan fingerprint density at radius 3 is 2.56 bits per heavy atom. The van der Waals surface area contributed by atoms with Gasteiger partial charge in [0, 0.05) is 43.6 Å². The monoisotopic (exact) mass is 342 g/mol. The Morgan fingerprint density at radius 1 is 1.08 bits per heavy atom. The lowest BCUT2D eigenvalue weighted by atomic mass is 10.0. The molecule has 2 aromatic rings. The van der Waals surface area contributed by atoms with Gasteiger partial charge in [-0.25, -0.2) is 4.98 Å². The van der Waals surface area contributed by atoms with Crippen LogP contribution < -0.4 is 20.1 Å². The molecule has 2 aliphatic heterocycles. The highest BCUT2D eigenvalue weighted by Gasteiger charge is 2.19. The standard InChI is InChI=1S/C18H20N4O3.H2/c19-14-11-16-15(24-7-8-25-16)10-13(14)18(20)12-1-2-21-17(9-12)22-3-5-23-6-4-22;/h1-2,9-11,20H,3-8,19H2;1H. The summed E-state index contributed by atoms with van der Waals surface area (Å²) in [6.45, 7) is 4.00. The fraction of sp³-hybridized carbons (Fsp3) is 0.333. The Balaban J connectivity index is 0.00000196. The Labute approximate surface area is 147 Å². The molecular formula is C18H22N4O3. The van der Waals surface area contributed by atoms with Crippen LogP contribution >= 0.6 is 0 Å². The topological polar surface area (TPSA) is 93.7 Å². The van der Waals surface area contributed by atoms with E-state index in [4.69, 9.17) is 25.4 Å². The Morgan fingerprint density at radius 2 is 1.80 bits per heavy atom. The molecule has 1 aromatic heterocycles. The molecule has 0 amide bonds. The van der Waals surface area contributed by atoms with Crippen LogP contribution in [0.1, 0.15) is 12.6 Å². The molecule has 0 atom stereocenters. The smallest absolute Gasteiger partial charge is 0.163 e. The van der Waals surface area contributed by atoms with Crippen LogP contribution in [0, 0.1) is 5.41 Å². The zero-order valence-electron chi connectivity index (χ0n) is 13.8. The van der Waals surface area contributed by atoms with Crippen LogP contribution in [-0.2, 0) is 4.74 Å². The first-order valence-corrected chi connectivity index (χ1v) is 8.29. The van der Waals surface area contributed by atoms with Crippen molar-refractivity contribution in [1.82, 2.24) is 4.98 Å². The molecule has 2 aliphatic rings. The Hall–Kier alpha value is -2.80. The van der Waals surface area contributed by atoms with Gasteiger partial charge in [-0.2, -0.15) is 0 Å². The quantitative estimate of drug-likeness (QED) is 0.654. The average Bonchev–Trinajstić information content (AvgIpc) is 2.68. The minimum absolute atomic E-state index is 0. The van der Waals surface area contributed by atoms with Gasteiger partial charge in [-0.15, -0.1) is 0 Å². The SMILES string of the molecule is N=C(c1ccnc(N2CCOCC2)c1)c1cc2c(cc1N)OCCO2.[HH]. The lowest BCUT2D eigenvalue weighted by molar-refractivity contribution is 0.122. The zero-order chi connectivity index (χ0) is 17.2. The summed E-state index contributed by atoms with van der Waals surface area (Å²) in [6, 6.07) is 7.25. The maximum atomic E-state index is 8.59. The summed E-state index contributed by atoms with van der Waals surface area (Å²) in [7, 11) is 0. The summed E-state index contributed by atoms with van der Waals surface area (Å²) in [5.41, 5.74) is 8.37. The minimum Gasteiger partial charge on any atom is -0.486 e. The normalized spacial score (nSPS) is 16.6. The molecule has 0 unspecified atom stereocenters. The third-order valence-corrected chi connectivity index (χ3v) is 4.35. The van der Waals surface area contributed by atoms with E-state index in [1.807, 2.05) is 12.1 Å². The molecular weight excluding hydrogens is 320 g/mol. The molecule has 1 aromatic carbocycles. The highest BCUT2D eigenvalue weighted by atomic mass is 16.6. The first-order chi connectivity index (χ1) is 12.2. The molecule has 1 fully saturated rings. The van der Waals surface area contributed by atoms with E-state index < -0.39 is 0 Å². The van der Waals surface area contributed by atoms with Gasteiger partial charge in [0.25, 0.3) is 0 Å². The summed E-state index contributed by atoms with van der Waals surface area (Å²) in [5.74, 6) is 2.10. The van der Waals surface area contributed by atoms with Crippen molar-refractivity contribution in [3.8, 4) is 11.5 Å². The molecule has 7 heteroatoms. The second kappa shape index (κ2) is 6.60. The Kier molecular flexibility index (Phi) is 4.15. The number of hydrogen-bond donors (Lipinski definition) is 2. The average molecular weight is 342 g/mol. The van der Waals surface area contributed by atoms with E-state index in [0.29, 0.717) is 54.9 Å². The number of hydrogen-bond acceptors (Lipinski definition) is 7. The van der Waals surface area contributed by atoms with Crippen LogP contribution in [0.2, 0.25) is 0 Å². The second-order valence-corrected chi connectivity index (χ2v) is 5.96. The van der Waals surface area contributed by atoms with Crippen molar-refractivity contribution in [3.63, 3.8) is 0 Å². The van der Waals surface area contributed by atoms with Crippen molar-refractivity contribution in [1.29, 1.82) is 5.41 Å². The van der Waals surface area contributed by atoms with Crippen LogP contribution in [0.5, 0.6) is 11.5 Å². The van der Waals surface area contributed by atoms with Crippen LogP contribution in [-0.4, -0.2) is 50.2 Å². The largest absolute Gasteiger partial charge is 0.486 e. The number of benzene rings is 1. The summed E-state index contributed by atoms with van der Waals surface area (Å²) >= 11 is 0. The van der Waals surface area contributed by atoms with Gasteiger partial charge >= 0.3 is 0 Å². The molecule has 0 radical (unpaired) electrons. The highest BCUT2D eigenvalue weighted by Crippen LogP contribution is 2.35. The number of nitrogens with two attached hydrogens (primary N) is 1. The van der Waals surface area contributed by atoms with Gasteiger partial charge in [-0.3, -0.25) is 5.41 Å². The molecule has 132 valence electrons. The number of nitrogens with zero attached hydrogens (tertiary/aromatic N) is 2. The van der Waals surface area contributed by atoms with E-state index in [2.05, 4.69) is 9.88 Å². The number of nitrogens with one attached hydrogen (secondary N) is 1. The number of pyridine rings is 1. The zero-order valence-corrected chi connectivity index (χ0v) is 13.8. The van der Waals surface area contributed by atoms with E-state index >= 15 is 0 Å². The van der Waals surface area contributed by atoms with Gasteiger partial charge in [0.1, 0.15) is 19.0 Å². The second-order valence-electron chi connectivity index (χ2n) is 5.96. The molecule has 3 heterocycles. The third kappa shape index (κ3) is 3.10. The molecule has 7 nitrogen and oxygen atoms in total. The molecule has 3 N–H and O–H groups in total. The van der Waals surface area contributed by atoms with Crippen LogP contribution in [0.15, 0.2) is 30.5 Å². The van der Waals surface area contributed by atoms with Crippen molar-refractivity contribution < 1.29 is 15.6 Å². The summed E-state index contributed by atoms with van der Waals surface area (Å²) in [4.78, 5) is 6.59. The highest BCUT2D eigenvalue weighted by molar-refractivity contribution is 6.14. The third-order valence-electron chi connectivity index (χ3n) is 4.35. The number of anilines is 2. The van der Waals surface area contributed by atoms with Crippen molar-refractivity contribution in [2.75, 3.05) is 50.2 Å². The lowest BCUT2D eigenvalue weighted by Gasteiger charge is -2.28. The van der Waals surface area contributed by atoms with Crippen molar-refractivity contribution in [2.45, 2.75) is 0 Å². The fourth-order valence-electron chi connectivity index (χ4n) is 3.02. The molecule has 1 saturated heterocycles. The van der Waals surface area contributed by atoms with E-state index in [1.54, 1.807) is 18.3 Å². The number of morpholine rings is 1. The van der Waals surface area contributed by atoms with Crippen LogP contribution in [0.25, 0.3) is 0 Å². The summed E-state index contributed by atoms with van der Waals surface area (Å²) < 4.78 is 16.5. The first-order valence-electron chi connectivity index (χ1n) is 8.29. The fourth-order valence-corrected chi connectivity index (χ4v) is 3.02. The van der Waals surface area contributed by atoms with Gasteiger partial charge in [0.05, 0.1) is 18.9 Å². The van der Waals surface area contributed by atoms with E-state index in [0.717, 1.165) is 24.5 Å². The van der Waals surface area contributed by atoms with Gasteiger partial charge in [0.2, 0.25) is 0 Å². The molecule has 0 aliphatic carbocycles. The van der Waals surface area contributed by atoms with E-state index in [9.17, 15) is 0 Å². The number of fused-ring (bicyclic) bond motifs is 1. The van der Waals surface area contributed by atoms with Gasteiger partial charge in [-0.05, 0) is 18.2 Å². The summed E-state index contributed by atoms with van der Waals surface area (Å²) in [5, 5.41) is 8.59. The first kappa shape index (κ1) is 15.7. The predicted octanol–water partition coefficient (Wildman–Crippen LogP) is 1.93. The maximum Gasteiger partial charge on any atom is 0.163 e. The molecule has 4 rings (SSSR count). The van der Waals surface area contributed by atoms with E-state index in [1.165, 1.54) is 0 Å². The minimum atomic E-state index is 0. The van der Waals surface area contributed by atoms with Crippen molar-refractivity contribution in [2.24, 2.45) is 0 Å². The molecule has 0 saturated carbocycles. The van der Waals surface area contributed by atoms with Crippen LogP contribution in [0.3, 0.4) is 0 Å². The Bertz CT molecular complexity index is 809. The number of nitrogen functional groups attached to an aromatic ring is 1. The van der Waals surface area contributed by atoms with Crippen molar-refractivity contribution in [3.05, 3.63) is 41.6 Å². The lowest BCUT2D eigenvalue weighted by Crippen LogP contribution is -2.36. The van der Waals surface area contributed by atoms with Gasteiger partial charge < -0.3 is 24.8 Å². The maximum absolute atomic E-state index is 8.59. The number of aromatic nitrogens is 1. The van der Waals surface area contributed by atoms with Gasteiger partial charge in [-0.1, -0.05) is 0 Å². The molecule has 0 spiro atoms.